The number of nitrogens with zero attached hydrogens (tertiary/aromatic N) is 4. The van der Waals surface area contributed by atoms with Gasteiger partial charge >= 0.3 is 0 Å². The van der Waals surface area contributed by atoms with E-state index in [0.29, 0.717) is 19.0 Å². The number of aromatic amines is 1. The van der Waals surface area contributed by atoms with Crippen molar-refractivity contribution in [3.63, 3.8) is 0 Å². The van der Waals surface area contributed by atoms with Gasteiger partial charge in [-0.2, -0.15) is 5.21 Å². The number of rotatable bonds is 10. The number of tetrazole rings is 1. The van der Waals surface area contributed by atoms with Gasteiger partial charge in [0.25, 0.3) is 0 Å². The van der Waals surface area contributed by atoms with Crippen molar-refractivity contribution in [2.24, 2.45) is 0 Å². The van der Waals surface area contributed by atoms with Gasteiger partial charge in [0.1, 0.15) is 18.1 Å². The zero-order chi connectivity index (χ0) is 23.7. The number of H-pyrrole nitrogens is 1. The highest BCUT2D eigenvalue weighted by Crippen LogP contribution is 2.19. The number of hydrogen-bond acceptors (Lipinski definition) is 6. The normalized spacial score (nSPS) is 11.2. The fraction of sp³-hybridized carbons (Fsp3) is 0.143. The Morgan fingerprint density at radius 3 is 2.54 bits per heavy atom. The summed E-state index contributed by atoms with van der Waals surface area (Å²) in [4.78, 5) is 4.67. The van der Waals surface area contributed by atoms with Gasteiger partial charge in [-0.15, -0.1) is 10.2 Å². The van der Waals surface area contributed by atoms with Crippen LogP contribution in [0.5, 0.6) is 11.5 Å². The van der Waals surface area contributed by atoms with Crippen molar-refractivity contribution >= 4 is 23.1 Å². The van der Waals surface area contributed by atoms with Crippen LogP contribution >= 0.6 is 0 Å². The van der Waals surface area contributed by atoms with Gasteiger partial charge in [-0.3, -0.25) is 0 Å². The zero-order valence-electron chi connectivity index (χ0n) is 19.2. The van der Waals surface area contributed by atoms with Crippen LogP contribution in [-0.2, 0) is 13.0 Å². The zero-order valence-corrected chi connectivity index (χ0v) is 19.2. The van der Waals surface area contributed by atoms with E-state index in [0.717, 1.165) is 52.1 Å². The second-order valence-corrected chi connectivity index (χ2v) is 8.04. The molecule has 2 heterocycles. The number of nitrogens with one attached hydrogen (secondary N) is 1. The molecule has 1 N–H and O–H groups in total. The molecule has 5 aromatic rings. The summed E-state index contributed by atoms with van der Waals surface area (Å²) in [7, 11) is 0. The first-order valence-electron chi connectivity index (χ1n) is 11.5. The lowest BCUT2D eigenvalue weighted by molar-refractivity contribution is 0.302. The summed E-state index contributed by atoms with van der Waals surface area (Å²) >= 11 is 0. The molecular weight excluding hydrogens is 438 g/mol. The van der Waals surface area contributed by atoms with Crippen LogP contribution in [-0.4, -0.2) is 32.2 Å². The van der Waals surface area contributed by atoms with E-state index in [2.05, 4.69) is 56.0 Å². The summed E-state index contributed by atoms with van der Waals surface area (Å²) in [5.74, 6) is 2.36. The lowest BCUT2D eigenvalue weighted by Gasteiger charge is -2.07. The van der Waals surface area contributed by atoms with Crippen molar-refractivity contribution in [1.82, 2.24) is 25.6 Å². The van der Waals surface area contributed by atoms with Crippen LogP contribution in [0.25, 0.3) is 23.1 Å². The molecule has 0 saturated carbocycles. The SMILES string of the molecule is C(=C\c1cccc(OCc2ccc3ccccc3n2)c1)/c1ccc(OCCCc2nn[nH]n2)cc1. The van der Waals surface area contributed by atoms with Gasteiger partial charge in [-0.1, -0.05) is 65.9 Å². The highest BCUT2D eigenvalue weighted by atomic mass is 16.5. The van der Waals surface area contributed by atoms with Crippen molar-refractivity contribution in [2.45, 2.75) is 19.4 Å². The van der Waals surface area contributed by atoms with E-state index in [-0.39, 0.29) is 0 Å². The van der Waals surface area contributed by atoms with Gasteiger partial charge in [-0.05, 0) is 53.9 Å². The molecule has 0 spiro atoms. The quantitative estimate of drug-likeness (QED) is 0.217. The maximum Gasteiger partial charge on any atom is 0.174 e. The first kappa shape index (κ1) is 22.3. The summed E-state index contributed by atoms with van der Waals surface area (Å²) in [5.41, 5.74) is 4.04. The first-order valence-corrected chi connectivity index (χ1v) is 11.5. The standard InChI is InChI=1S/C28H25N5O2/c1-2-8-27-23(6-1)14-15-24(29-27)20-35-26-7-3-5-22(19-26)11-10-21-12-16-25(17-13-21)34-18-4-9-28-30-32-33-31-28/h1-3,5-8,10-17,19H,4,9,18,20H2,(H,30,31,32,33)/b11-10+. The van der Waals surface area contributed by atoms with Gasteiger partial charge in [-0.25, -0.2) is 4.98 Å². The molecule has 7 nitrogen and oxygen atoms in total. The van der Waals surface area contributed by atoms with Crippen LogP contribution in [0.15, 0.2) is 84.9 Å². The van der Waals surface area contributed by atoms with Crippen molar-refractivity contribution in [3.8, 4) is 11.5 Å². The lowest BCUT2D eigenvalue weighted by Crippen LogP contribution is -2.00. The monoisotopic (exact) mass is 463 g/mol. The fourth-order valence-electron chi connectivity index (χ4n) is 3.63. The van der Waals surface area contributed by atoms with E-state index in [9.17, 15) is 0 Å². The highest BCUT2D eigenvalue weighted by Gasteiger charge is 2.02. The average molecular weight is 464 g/mol. The molecule has 0 amide bonds. The molecule has 0 unspecified atom stereocenters. The van der Waals surface area contributed by atoms with Crippen LogP contribution in [0, 0.1) is 0 Å². The van der Waals surface area contributed by atoms with Crippen LogP contribution < -0.4 is 9.47 Å². The Kier molecular flexibility index (Phi) is 7.05. The third-order valence-electron chi connectivity index (χ3n) is 5.45. The van der Waals surface area contributed by atoms with Gasteiger partial charge in [0.05, 0.1) is 17.8 Å². The molecule has 7 heteroatoms. The van der Waals surface area contributed by atoms with Crippen LogP contribution in [0.3, 0.4) is 0 Å². The average Bonchev–Trinajstić information content (AvgIpc) is 3.43. The second kappa shape index (κ2) is 11.1. The molecule has 2 aromatic heterocycles. The van der Waals surface area contributed by atoms with E-state index in [1.54, 1.807) is 0 Å². The maximum atomic E-state index is 5.99. The number of aromatic nitrogens is 5. The Labute approximate surface area is 203 Å². The number of aryl methyl sites for hydroxylation is 1. The Morgan fingerprint density at radius 1 is 0.771 bits per heavy atom. The number of pyridine rings is 1. The van der Waals surface area contributed by atoms with Gasteiger partial charge < -0.3 is 9.47 Å². The molecule has 3 aromatic carbocycles. The van der Waals surface area contributed by atoms with Crippen LogP contribution in [0.1, 0.15) is 29.1 Å². The molecule has 0 bridgehead atoms. The minimum absolute atomic E-state index is 0.425. The molecule has 0 atom stereocenters. The number of hydrogen-bond donors (Lipinski definition) is 1. The van der Waals surface area contributed by atoms with Crippen molar-refractivity contribution in [2.75, 3.05) is 6.61 Å². The Balaban J connectivity index is 1.12. The number of ether oxygens (including phenoxy) is 2. The van der Waals surface area contributed by atoms with Crippen molar-refractivity contribution < 1.29 is 9.47 Å². The molecule has 35 heavy (non-hydrogen) atoms. The topological polar surface area (TPSA) is 85.8 Å². The first-order chi connectivity index (χ1) is 17.3. The fourth-order valence-corrected chi connectivity index (χ4v) is 3.63. The highest BCUT2D eigenvalue weighted by molar-refractivity contribution is 5.78. The molecule has 0 aliphatic heterocycles. The predicted octanol–water partition coefficient (Wildman–Crippen LogP) is 5.51. The van der Waals surface area contributed by atoms with E-state index in [4.69, 9.17) is 9.47 Å². The third-order valence-corrected chi connectivity index (χ3v) is 5.45. The molecule has 0 aliphatic rings. The van der Waals surface area contributed by atoms with Crippen molar-refractivity contribution in [1.29, 1.82) is 0 Å². The molecule has 5 rings (SSSR count). The summed E-state index contributed by atoms with van der Waals surface area (Å²) in [6, 6.07) is 28.2. The van der Waals surface area contributed by atoms with E-state index in [1.165, 1.54) is 0 Å². The van der Waals surface area contributed by atoms with E-state index in [1.807, 2.05) is 66.7 Å². The number of para-hydroxylation sites is 1. The molecular formula is C28H25N5O2. The summed E-state index contributed by atoms with van der Waals surface area (Å²) in [6.07, 6.45) is 5.71. The van der Waals surface area contributed by atoms with Gasteiger partial charge in [0.15, 0.2) is 5.82 Å². The molecule has 174 valence electrons. The molecule has 0 saturated heterocycles. The minimum Gasteiger partial charge on any atom is -0.494 e. The smallest absolute Gasteiger partial charge is 0.174 e. The van der Waals surface area contributed by atoms with E-state index < -0.39 is 0 Å². The second-order valence-electron chi connectivity index (χ2n) is 8.04. The predicted molar refractivity (Wildman–Crippen MR) is 136 cm³/mol. The third kappa shape index (κ3) is 6.29. The Hall–Kier alpha value is -4.52. The lowest BCUT2D eigenvalue weighted by atomic mass is 10.1. The Morgan fingerprint density at radius 2 is 1.66 bits per heavy atom. The molecule has 0 radical (unpaired) electrons. The molecule has 0 fully saturated rings. The number of fused-ring (bicyclic) bond motifs is 1. The van der Waals surface area contributed by atoms with Crippen LogP contribution in [0.2, 0.25) is 0 Å². The summed E-state index contributed by atoms with van der Waals surface area (Å²) in [5, 5.41) is 15.0. The molecule has 0 aliphatic carbocycles. The minimum atomic E-state index is 0.425. The maximum absolute atomic E-state index is 5.99. The van der Waals surface area contributed by atoms with Crippen LogP contribution in [0.4, 0.5) is 0 Å². The summed E-state index contributed by atoms with van der Waals surface area (Å²) in [6.45, 7) is 1.03. The van der Waals surface area contributed by atoms with Gasteiger partial charge in [0, 0.05) is 11.8 Å². The largest absolute Gasteiger partial charge is 0.494 e. The van der Waals surface area contributed by atoms with Gasteiger partial charge in [0.2, 0.25) is 0 Å². The Bertz CT molecular complexity index is 1400. The van der Waals surface area contributed by atoms with E-state index >= 15 is 0 Å². The summed E-state index contributed by atoms with van der Waals surface area (Å²) < 4.78 is 11.8. The number of benzene rings is 3. The van der Waals surface area contributed by atoms with Crippen molar-refractivity contribution in [3.05, 3.63) is 108 Å².